The second-order valence-corrected chi connectivity index (χ2v) is 5.16. The third-order valence-electron chi connectivity index (χ3n) is 3.21. The summed E-state index contributed by atoms with van der Waals surface area (Å²) in [6, 6.07) is 0.329. The van der Waals surface area contributed by atoms with Crippen molar-refractivity contribution >= 4 is 27.6 Å². The van der Waals surface area contributed by atoms with E-state index in [1.165, 1.54) is 6.42 Å². The van der Waals surface area contributed by atoms with Crippen LogP contribution < -0.4 is 10.6 Å². The molecule has 1 aliphatic carbocycles. The molecule has 0 spiro atoms. The summed E-state index contributed by atoms with van der Waals surface area (Å²) in [7, 11) is 1.77. The number of halogens is 1. The van der Waals surface area contributed by atoms with Crippen LogP contribution in [0.5, 0.6) is 0 Å². The maximum absolute atomic E-state index is 5.48. The lowest BCUT2D eigenvalue weighted by atomic mass is 10.2. The second kappa shape index (κ2) is 6.33. The molecule has 5 nitrogen and oxygen atoms in total. The van der Waals surface area contributed by atoms with Crippen LogP contribution >= 0.6 is 15.9 Å². The largest absolute Gasteiger partial charge is 0.379 e. The Kier molecular flexibility index (Phi) is 4.77. The van der Waals surface area contributed by atoms with Crippen molar-refractivity contribution in [3.05, 3.63) is 10.8 Å². The predicted molar refractivity (Wildman–Crippen MR) is 76.0 cm³/mol. The number of nitrogens with one attached hydrogen (secondary N) is 2. The summed E-state index contributed by atoms with van der Waals surface area (Å²) in [6.45, 7) is 2.87. The van der Waals surface area contributed by atoms with Gasteiger partial charge in [-0.05, 0) is 42.1 Å². The Labute approximate surface area is 116 Å². The van der Waals surface area contributed by atoms with E-state index in [0.717, 1.165) is 35.5 Å². The standard InChI is InChI=1S/C12H19BrN4O/c1-3-14-11-10(13)12(16-7-15-11)17-8-5-4-6-9(8)18-2/h7-9H,3-6H2,1-2H3,(H2,14,15,16,17). The average molecular weight is 315 g/mol. The van der Waals surface area contributed by atoms with Crippen LogP contribution in [0.2, 0.25) is 0 Å². The summed E-state index contributed by atoms with van der Waals surface area (Å²) in [5.74, 6) is 1.65. The van der Waals surface area contributed by atoms with E-state index in [9.17, 15) is 0 Å². The van der Waals surface area contributed by atoms with Crippen molar-refractivity contribution in [3.8, 4) is 0 Å². The van der Waals surface area contributed by atoms with Crippen LogP contribution in [0.25, 0.3) is 0 Å². The summed E-state index contributed by atoms with van der Waals surface area (Å²) in [4.78, 5) is 8.49. The highest BCUT2D eigenvalue weighted by atomic mass is 79.9. The molecule has 0 amide bonds. The first-order valence-electron chi connectivity index (χ1n) is 6.30. The number of hydrogen-bond donors (Lipinski definition) is 2. The number of aromatic nitrogens is 2. The molecule has 6 heteroatoms. The van der Waals surface area contributed by atoms with Gasteiger partial charge in [-0.3, -0.25) is 0 Å². The van der Waals surface area contributed by atoms with Crippen LogP contribution in [0.3, 0.4) is 0 Å². The first-order chi connectivity index (χ1) is 8.76. The van der Waals surface area contributed by atoms with Crippen LogP contribution in [0.4, 0.5) is 11.6 Å². The van der Waals surface area contributed by atoms with E-state index in [4.69, 9.17) is 4.74 Å². The Bertz CT molecular complexity index is 402. The summed E-state index contributed by atoms with van der Waals surface area (Å²) in [5.41, 5.74) is 0. The molecule has 1 heterocycles. The summed E-state index contributed by atoms with van der Waals surface area (Å²) in [5, 5.41) is 6.64. The third kappa shape index (κ3) is 2.92. The zero-order valence-corrected chi connectivity index (χ0v) is 12.3. The number of hydrogen-bond acceptors (Lipinski definition) is 5. The summed E-state index contributed by atoms with van der Waals surface area (Å²) < 4.78 is 6.36. The Morgan fingerprint density at radius 2 is 2.17 bits per heavy atom. The van der Waals surface area contributed by atoms with Crippen LogP contribution in [-0.2, 0) is 4.74 Å². The molecule has 0 aliphatic heterocycles. The van der Waals surface area contributed by atoms with Crippen LogP contribution in [0.1, 0.15) is 26.2 Å². The van der Waals surface area contributed by atoms with E-state index in [2.05, 4.69) is 36.5 Å². The molecule has 0 radical (unpaired) electrons. The van der Waals surface area contributed by atoms with E-state index in [1.807, 2.05) is 6.92 Å². The Hall–Kier alpha value is -0.880. The SMILES string of the molecule is CCNc1ncnc(NC2CCCC2OC)c1Br. The van der Waals surface area contributed by atoms with Gasteiger partial charge in [0.05, 0.1) is 12.1 Å². The van der Waals surface area contributed by atoms with Gasteiger partial charge in [-0.15, -0.1) is 0 Å². The molecule has 1 fully saturated rings. The Balaban J connectivity index is 2.11. The number of anilines is 2. The molecule has 1 aromatic heterocycles. The van der Waals surface area contributed by atoms with Crippen molar-refractivity contribution in [2.75, 3.05) is 24.3 Å². The summed E-state index contributed by atoms with van der Waals surface area (Å²) >= 11 is 3.54. The fraction of sp³-hybridized carbons (Fsp3) is 0.667. The highest BCUT2D eigenvalue weighted by Crippen LogP contribution is 2.30. The van der Waals surface area contributed by atoms with Crippen molar-refractivity contribution in [1.29, 1.82) is 0 Å². The molecule has 0 saturated heterocycles. The van der Waals surface area contributed by atoms with Crippen molar-refractivity contribution in [1.82, 2.24) is 9.97 Å². The van der Waals surface area contributed by atoms with Gasteiger partial charge < -0.3 is 15.4 Å². The highest BCUT2D eigenvalue weighted by molar-refractivity contribution is 9.10. The highest BCUT2D eigenvalue weighted by Gasteiger charge is 2.28. The molecule has 1 aromatic rings. The van der Waals surface area contributed by atoms with Crippen molar-refractivity contribution in [2.45, 2.75) is 38.3 Å². The monoisotopic (exact) mass is 314 g/mol. The molecule has 0 bridgehead atoms. The molecule has 2 rings (SSSR count). The van der Waals surface area contributed by atoms with E-state index in [1.54, 1.807) is 13.4 Å². The molecule has 2 N–H and O–H groups in total. The fourth-order valence-electron chi connectivity index (χ4n) is 2.31. The van der Waals surface area contributed by atoms with E-state index < -0.39 is 0 Å². The van der Waals surface area contributed by atoms with Crippen LogP contribution in [0.15, 0.2) is 10.8 Å². The summed E-state index contributed by atoms with van der Waals surface area (Å²) in [6.07, 6.45) is 5.26. The van der Waals surface area contributed by atoms with Gasteiger partial charge in [0.2, 0.25) is 0 Å². The van der Waals surface area contributed by atoms with Crippen molar-refractivity contribution < 1.29 is 4.74 Å². The maximum atomic E-state index is 5.48. The third-order valence-corrected chi connectivity index (χ3v) is 3.96. The fourth-order valence-corrected chi connectivity index (χ4v) is 2.77. The molecule has 18 heavy (non-hydrogen) atoms. The Morgan fingerprint density at radius 1 is 1.39 bits per heavy atom. The first-order valence-corrected chi connectivity index (χ1v) is 7.09. The first kappa shape index (κ1) is 13.5. The van der Waals surface area contributed by atoms with Crippen molar-refractivity contribution in [2.24, 2.45) is 0 Å². The smallest absolute Gasteiger partial charge is 0.146 e. The van der Waals surface area contributed by atoms with E-state index >= 15 is 0 Å². The second-order valence-electron chi connectivity index (χ2n) is 4.37. The minimum absolute atomic E-state index is 0.273. The molecule has 2 unspecified atom stereocenters. The van der Waals surface area contributed by atoms with Crippen LogP contribution in [0, 0.1) is 0 Å². The van der Waals surface area contributed by atoms with Gasteiger partial charge >= 0.3 is 0 Å². The lowest BCUT2D eigenvalue weighted by molar-refractivity contribution is 0.101. The molecular formula is C12H19BrN4O. The van der Waals surface area contributed by atoms with Gasteiger partial charge in [0.15, 0.2) is 0 Å². The molecule has 1 aliphatic rings. The van der Waals surface area contributed by atoms with Crippen molar-refractivity contribution in [3.63, 3.8) is 0 Å². The average Bonchev–Trinajstić information content (AvgIpc) is 2.82. The normalized spacial score (nSPS) is 23.1. The van der Waals surface area contributed by atoms with Gasteiger partial charge in [-0.25, -0.2) is 9.97 Å². The molecular weight excluding hydrogens is 296 g/mol. The van der Waals surface area contributed by atoms with Gasteiger partial charge in [-0.2, -0.15) is 0 Å². The van der Waals surface area contributed by atoms with Gasteiger partial charge in [-0.1, -0.05) is 0 Å². The van der Waals surface area contributed by atoms with Gasteiger partial charge in [0.25, 0.3) is 0 Å². The minimum atomic E-state index is 0.273. The van der Waals surface area contributed by atoms with E-state index in [0.29, 0.717) is 6.04 Å². The lowest BCUT2D eigenvalue weighted by Gasteiger charge is -2.21. The number of methoxy groups -OCH3 is 1. The Morgan fingerprint density at radius 3 is 2.89 bits per heavy atom. The number of ether oxygens (including phenoxy) is 1. The predicted octanol–water partition coefficient (Wildman–Crippen LogP) is 2.65. The number of rotatable bonds is 5. The van der Waals surface area contributed by atoms with Crippen LogP contribution in [-0.4, -0.2) is 35.8 Å². The molecule has 100 valence electrons. The zero-order valence-electron chi connectivity index (χ0n) is 10.7. The van der Waals surface area contributed by atoms with Gasteiger partial charge in [0.1, 0.15) is 22.4 Å². The lowest BCUT2D eigenvalue weighted by Crippen LogP contribution is -2.30. The molecule has 0 aromatic carbocycles. The maximum Gasteiger partial charge on any atom is 0.146 e. The zero-order chi connectivity index (χ0) is 13.0. The van der Waals surface area contributed by atoms with E-state index in [-0.39, 0.29) is 6.10 Å². The molecule has 1 saturated carbocycles. The van der Waals surface area contributed by atoms with Gasteiger partial charge in [0, 0.05) is 13.7 Å². The molecule has 2 atom stereocenters. The number of nitrogens with zero attached hydrogens (tertiary/aromatic N) is 2. The minimum Gasteiger partial charge on any atom is -0.379 e. The topological polar surface area (TPSA) is 59.1 Å². The quantitative estimate of drug-likeness (QED) is 0.875.